The summed E-state index contributed by atoms with van der Waals surface area (Å²) in [5, 5.41) is 2.82. The number of hydrogen-bond donors (Lipinski definition) is 1. The molecule has 0 aromatic heterocycles. The van der Waals surface area contributed by atoms with Crippen molar-refractivity contribution in [2.24, 2.45) is 5.92 Å². The van der Waals surface area contributed by atoms with Crippen LogP contribution >= 0.6 is 0 Å². The zero-order chi connectivity index (χ0) is 22.1. The molecule has 2 amide bonds. The second kappa shape index (κ2) is 11.2. The van der Waals surface area contributed by atoms with Gasteiger partial charge in [-0.3, -0.25) is 9.59 Å². The van der Waals surface area contributed by atoms with E-state index in [9.17, 15) is 14.0 Å². The number of halogens is 1. The number of rotatable bonds is 10. The molecule has 2 aromatic carbocycles. The van der Waals surface area contributed by atoms with E-state index in [1.807, 2.05) is 13.8 Å². The molecular formula is C23H29FN2O4. The van der Waals surface area contributed by atoms with E-state index in [1.54, 1.807) is 56.5 Å². The van der Waals surface area contributed by atoms with Gasteiger partial charge in [0, 0.05) is 18.7 Å². The normalized spacial score (nSPS) is 11.7. The number of hydrogen-bond acceptors (Lipinski definition) is 4. The molecule has 6 nitrogen and oxygen atoms in total. The van der Waals surface area contributed by atoms with Crippen LogP contribution in [0.5, 0.6) is 11.5 Å². The predicted molar refractivity (Wildman–Crippen MR) is 113 cm³/mol. The first-order valence-corrected chi connectivity index (χ1v) is 9.89. The van der Waals surface area contributed by atoms with Gasteiger partial charge in [-0.1, -0.05) is 32.0 Å². The molecule has 30 heavy (non-hydrogen) atoms. The molecule has 0 unspecified atom stereocenters. The highest BCUT2D eigenvalue weighted by molar-refractivity contribution is 5.87. The van der Waals surface area contributed by atoms with E-state index in [0.29, 0.717) is 23.6 Å². The van der Waals surface area contributed by atoms with Crippen molar-refractivity contribution < 1.29 is 23.5 Å². The Kier molecular flexibility index (Phi) is 8.65. The minimum absolute atomic E-state index is 0.0340. The predicted octanol–water partition coefficient (Wildman–Crippen LogP) is 3.40. The summed E-state index contributed by atoms with van der Waals surface area (Å²) in [5.74, 6) is 0.299. The lowest BCUT2D eigenvalue weighted by molar-refractivity contribution is -0.142. The molecule has 2 aromatic rings. The fourth-order valence-corrected chi connectivity index (χ4v) is 2.75. The molecule has 0 aliphatic heterocycles. The fraction of sp³-hybridized carbons (Fsp3) is 0.391. The summed E-state index contributed by atoms with van der Waals surface area (Å²) < 4.78 is 24.8. The van der Waals surface area contributed by atoms with Crippen molar-refractivity contribution in [3.05, 3.63) is 59.9 Å². The lowest BCUT2D eigenvalue weighted by Gasteiger charge is -2.29. The monoisotopic (exact) mass is 416 g/mol. The first-order chi connectivity index (χ1) is 14.3. The van der Waals surface area contributed by atoms with Crippen LogP contribution in [-0.4, -0.2) is 43.0 Å². The van der Waals surface area contributed by atoms with Gasteiger partial charge in [-0.15, -0.1) is 0 Å². The lowest BCUT2D eigenvalue weighted by atomic mass is 10.1. The number of carbonyl (C=O) groups excluding carboxylic acids is 2. The smallest absolute Gasteiger partial charge is 0.261 e. The maximum absolute atomic E-state index is 14.2. The second-order valence-electron chi connectivity index (χ2n) is 7.39. The third kappa shape index (κ3) is 6.76. The maximum Gasteiger partial charge on any atom is 0.261 e. The van der Waals surface area contributed by atoms with Crippen LogP contribution in [0.25, 0.3) is 0 Å². The number of benzene rings is 2. The van der Waals surface area contributed by atoms with Gasteiger partial charge in [-0.2, -0.15) is 0 Å². The second-order valence-corrected chi connectivity index (χ2v) is 7.39. The first-order valence-electron chi connectivity index (χ1n) is 9.89. The van der Waals surface area contributed by atoms with E-state index in [4.69, 9.17) is 9.47 Å². The Balaban J connectivity index is 2.12. The molecule has 0 spiro atoms. The Morgan fingerprint density at radius 3 is 2.27 bits per heavy atom. The van der Waals surface area contributed by atoms with Gasteiger partial charge in [0.1, 0.15) is 23.4 Å². The van der Waals surface area contributed by atoms with E-state index >= 15 is 0 Å². The zero-order valence-electron chi connectivity index (χ0n) is 17.9. The number of nitrogens with one attached hydrogen (secondary N) is 1. The molecule has 0 fully saturated rings. The van der Waals surface area contributed by atoms with Crippen LogP contribution in [0, 0.1) is 11.7 Å². The van der Waals surface area contributed by atoms with Crippen molar-refractivity contribution in [3.63, 3.8) is 0 Å². The molecule has 0 bridgehead atoms. The van der Waals surface area contributed by atoms with Crippen LogP contribution in [0.2, 0.25) is 0 Å². The minimum Gasteiger partial charge on any atom is -0.497 e. The molecule has 2 rings (SSSR count). The van der Waals surface area contributed by atoms with Crippen molar-refractivity contribution in [1.82, 2.24) is 10.2 Å². The van der Waals surface area contributed by atoms with Crippen LogP contribution in [0.15, 0.2) is 48.5 Å². The quantitative estimate of drug-likeness (QED) is 0.645. The molecule has 0 saturated carbocycles. The average Bonchev–Trinajstić information content (AvgIpc) is 2.75. The van der Waals surface area contributed by atoms with Crippen LogP contribution in [0.3, 0.4) is 0 Å². The van der Waals surface area contributed by atoms with Crippen molar-refractivity contribution in [3.8, 4) is 11.5 Å². The van der Waals surface area contributed by atoms with Gasteiger partial charge in [0.15, 0.2) is 6.61 Å². The van der Waals surface area contributed by atoms with Crippen molar-refractivity contribution in [1.29, 1.82) is 0 Å². The largest absolute Gasteiger partial charge is 0.497 e. The number of nitrogens with zero attached hydrogens (tertiary/aromatic N) is 1. The zero-order valence-corrected chi connectivity index (χ0v) is 17.9. The Morgan fingerprint density at radius 2 is 1.67 bits per heavy atom. The average molecular weight is 416 g/mol. The SMILES string of the molecule is COc1ccc(OCC(=O)N(Cc2ccccc2F)[C@H](C)C(=O)NCC(C)C)cc1. The fourth-order valence-electron chi connectivity index (χ4n) is 2.75. The topological polar surface area (TPSA) is 67.9 Å². The van der Waals surface area contributed by atoms with Gasteiger partial charge < -0.3 is 19.7 Å². The van der Waals surface area contributed by atoms with Crippen molar-refractivity contribution in [2.45, 2.75) is 33.4 Å². The van der Waals surface area contributed by atoms with Gasteiger partial charge in [0.05, 0.1) is 7.11 Å². The molecule has 0 aliphatic rings. The van der Waals surface area contributed by atoms with Gasteiger partial charge >= 0.3 is 0 Å². The summed E-state index contributed by atoms with van der Waals surface area (Å²) in [5.41, 5.74) is 0.332. The third-order valence-electron chi connectivity index (χ3n) is 4.57. The van der Waals surface area contributed by atoms with Crippen LogP contribution in [0.1, 0.15) is 26.3 Å². The summed E-state index contributed by atoms with van der Waals surface area (Å²) in [6.07, 6.45) is 0. The Labute approximate surface area is 177 Å². The van der Waals surface area contributed by atoms with Gasteiger partial charge in [0.2, 0.25) is 5.91 Å². The molecular weight excluding hydrogens is 387 g/mol. The van der Waals surface area contributed by atoms with E-state index in [-0.39, 0.29) is 25.0 Å². The summed E-state index contributed by atoms with van der Waals surface area (Å²) in [6, 6.07) is 12.2. The van der Waals surface area contributed by atoms with E-state index in [0.717, 1.165) is 0 Å². The molecule has 162 valence electrons. The van der Waals surface area contributed by atoms with Gasteiger partial charge in [0.25, 0.3) is 5.91 Å². The molecule has 1 atom stereocenters. The number of amides is 2. The summed E-state index contributed by atoms with van der Waals surface area (Å²) in [6.45, 7) is 5.77. The first kappa shape index (κ1) is 23.2. The standard InChI is InChI=1S/C23H29FN2O4/c1-16(2)13-25-23(28)17(3)26(14-18-7-5-6-8-21(18)24)22(27)15-30-20-11-9-19(29-4)10-12-20/h5-12,16-17H,13-15H2,1-4H3,(H,25,28)/t17-/m1/s1. The number of carbonyl (C=O) groups is 2. The third-order valence-corrected chi connectivity index (χ3v) is 4.57. The summed E-state index contributed by atoms with van der Waals surface area (Å²) in [4.78, 5) is 26.8. The summed E-state index contributed by atoms with van der Waals surface area (Å²) in [7, 11) is 1.56. The van der Waals surface area contributed by atoms with E-state index < -0.39 is 17.8 Å². The van der Waals surface area contributed by atoms with Gasteiger partial charge in [-0.25, -0.2) is 4.39 Å². The molecule has 0 radical (unpaired) electrons. The lowest BCUT2D eigenvalue weighted by Crippen LogP contribution is -2.49. The number of methoxy groups -OCH3 is 1. The molecule has 7 heteroatoms. The van der Waals surface area contributed by atoms with E-state index in [1.165, 1.54) is 11.0 Å². The molecule has 0 heterocycles. The van der Waals surface area contributed by atoms with Crippen LogP contribution in [-0.2, 0) is 16.1 Å². The Bertz CT molecular complexity index is 839. The Hall–Kier alpha value is -3.09. The molecule has 1 N–H and O–H groups in total. The molecule has 0 aliphatic carbocycles. The van der Waals surface area contributed by atoms with Crippen molar-refractivity contribution in [2.75, 3.05) is 20.3 Å². The van der Waals surface area contributed by atoms with E-state index in [2.05, 4.69) is 5.32 Å². The highest BCUT2D eigenvalue weighted by Gasteiger charge is 2.27. The summed E-state index contributed by atoms with van der Waals surface area (Å²) >= 11 is 0. The highest BCUT2D eigenvalue weighted by Crippen LogP contribution is 2.18. The maximum atomic E-state index is 14.2. The highest BCUT2D eigenvalue weighted by atomic mass is 19.1. The molecule has 0 saturated heterocycles. The van der Waals surface area contributed by atoms with Crippen LogP contribution in [0.4, 0.5) is 4.39 Å². The van der Waals surface area contributed by atoms with Gasteiger partial charge in [-0.05, 0) is 43.2 Å². The Morgan fingerprint density at radius 1 is 1.03 bits per heavy atom. The van der Waals surface area contributed by atoms with Crippen molar-refractivity contribution >= 4 is 11.8 Å². The minimum atomic E-state index is -0.782. The van der Waals surface area contributed by atoms with Crippen LogP contribution < -0.4 is 14.8 Å². The number of ether oxygens (including phenoxy) is 2.